The van der Waals surface area contributed by atoms with E-state index in [0.717, 1.165) is 5.56 Å². The summed E-state index contributed by atoms with van der Waals surface area (Å²) >= 11 is 0. The number of rotatable bonds is 2. The molecule has 0 saturated heterocycles. The van der Waals surface area contributed by atoms with Crippen LogP contribution in [0.4, 0.5) is 11.4 Å². The molecule has 0 bridgehead atoms. The highest BCUT2D eigenvalue weighted by atomic mass is 16.4. The van der Waals surface area contributed by atoms with Gasteiger partial charge < -0.3 is 15.7 Å². The first-order valence-electron chi connectivity index (χ1n) is 4.98. The molecule has 1 aromatic carbocycles. The van der Waals surface area contributed by atoms with Gasteiger partial charge in [0.15, 0.2) is 0 Å². The van der Waals surface area contributed by atoms with E-state index in [0.29, 0.717) is 24.2 Å². The van der Waals surface area contributed by atoms with Gasteiger partial charge in [0.2, 0.25) is 5.91 Å². The van der Waals surface area contributed by atoms with Crippen molar-refractivity contribution in [3.8, 4) is 0 Å². The van der Waals surface area contributed by atoms with Gasteiger partial charge in [-0.05, 0) is 30.2 Å². The second-order valence-electron chi connectivity index (χ2n) is 3.76. The first kappa shape index (κ1) is 10.5. The monoisotopic (exact) mass is 220 g/mol. The van der Waals surface area contributed by atoms with Crippen LogP contribution in [0.3, 0.4) is 0 Å². The Morgan fingerprint density at radius 3 is 2.88 bits per heavy atom. The molecular weight excluding hydrogens is 208 g/mol. The molecule has 84 valence electrons. The minimum atomic E-state index is -1.02. The van der Waals surface area contributed by atoms with Gasteiger partial charge in [0.1, 0.15) is 6.54 Å². The van der Waals surface area contributed by atoms with Crippen molar-refractivity contribution < 1.29 is 14.7 Å². The van der Waals surface area contributed by atoms with Crippen LogP contribution in [-0.2, 0) is 16.0 Å². The molecule has 0 aromatic heterocycles. The van der Waals surface area contributed by atoms with Crippen LogP contribution < -0.4 is 10.6 Å². The van der Waals surface area contributed by atoms with Crippen molar-refractivity contribution in [2.24, 2.45) is 0 Å². The number of anilines is 2. The van der Waals surface area contributed by atoms with Gasteiger partial charge in [0, 0.05) is 17.8 Å². The zero-order valence-electron chi connectivity index (χ0n) is 8.64. The lowest BCUT2D eigenvalue weighted by Gasteiger charge is -2.28. The fourth-order valence-electron chi connectivity index (χ4n) is 1.89. The van der Waals surface area contributed by atoms with Crippen LogP contribution in [-0.4, -0.2) is 23.5 Å². The zero-order valence-corrected chi connectivity index (χ0v) is 8.64. The summed E-state index contributed by atoms with van der Waals surface area (Å²) in [6.45, 7) is -0.296. The minimum Gasteiger partial charge on any atom is -0.480 e. The van der Waals surface area contributed by atoms with E-state index in [-0.39, 0.29) is 12.5 Å². The lowest BCUT2D eigenvalue weighted by atomic mass is 10.0. The van der Waals surface area contributed by atoms with E-state index in [9.17, 15) is 9.59 Å². The van der Waals surface area contributed by atoms with Crippen LogP contribution in [0.5, 0.6) is 0 Å². The van der Waals surface area contributed by atoms with Crippen molar-refractivity contribution in [1.82, 2.24) is 0 Å². The first-order valence-corrected chi connectivity index (χ1v) is 4.98. The molecule has 1 amide bonds. The maximum Gasteiger partial charge on any atom is 0.323 e. The molecule has 5 heteroatoms. The maximum atomic E-state index is 11.6. The molecule has 0 aliphatic carbocycles. The summed E-state index contributed by atoms with van der Waals surface area (Å²) in [6, 6.07) is 5.16. The van der Waals surface area contributed by atoms with Crippen LogP contribution in [0.1, 0.15) is 12.0 Å². The van der Waals surface area contributed by atoms with Gasteiger partial charge in [-0.3, -0.25) is 9.59 Å². The first-order chi connectivity index (χ1) is 7.58. The minimum absolute atomic E-state index is 0.153. The van der Waals surface area contributed by atoms with Crippen molar-refractivity contribution in [2.45, 2.75) is 12.8 Å². The molecular formula is C11H12N2O3. The van der Waals surface area contributed by atoms with Crippen molar-refractivity contribution in [1.29, 1.82) is 0 Å². The Hall–Kier alpha value is -2.04. The van der Waals surface area contributed by atoms with Crippen molar-refractivity contribution in [3.63, 3.8) is 0 Å². The smallest absolute Gasteiger partial charge is 0.323 e. The Morgan fingerprint density at radius 2 is 2.19 bits per heavy atom. The molecule has 0 radical (unpaired) electrons. The number of nitrogens with two attached hydrogens (primary N) is 1. The van der Waals surface area contributed by atoms with Crippen molar-refractivity contribution >= 4 is 23.3 Å². The highest BCUT2D eigenvalue weighted by molar-refractivity contribution is 6.00. The quantitative estimate of drug-likeness (QED) is 0.716. The van der Waals surface area contributed by atoms with Gasteiger partial charge in [-0.15, -0.1) is 0 Å². The number of fused-ring (bicyclic) bond motifs is 1. The third-order valence-corrected chi connectivity index (χ3v) is 2.60. The van der Waals surface area contributed by atoms with Crippen LogP contribution in [0.15, 0.2) is 18.2 Å². The fourth-order valence-corrected chi connectivity index (χ4v) is 1.89. The molecule has 0 spiro atoms. The summed E-state index contributed by atoms with van der Waals surface area (Å²) in [4.78, 5) is 23.6. The second kappa shape index (κ2) is 3.84. The number of carbonyl (C=O) groups excluding carboxylic acids is 1. The molecule has 2 rings (SSSR count). The number of nitrogen functional groups attached to an aromatic ring is 1. The largest absolute Gasteiger partial charge is 0.480 e. The highest BCUT2D eigenvalue weighted by Crippen LogP contribution is 2.29. The standard InChI is InChI=1S/C11H12N2O3/c12-8-2-3-9-7(5-8)1-4-10(14)13(9)6-11(15)16/h2-3,5H,1,4,6,12H2,(H,15,16). The van der Waals surface area contributed by atoms with E-state index >= 15 is 0 Å². The number of amides is 1. The van der Waals surface area contributed by atoms with E-state index in [2.05, 4.69) is 0 Å². The molecule has 0 atom stereocenters. The van der Waals surface area contributed by atoms with Gasteiger partial charge in [-0.2, -0.15) is 0 Å². The number of hydrogen-bond donors (Lipinski definition) is 2. The molecule has 5 nitrogen and oxygen atoms in total. The Balaban J connectivity index is 2.40. The molecule has 0 fully saturated rings. The normalized spacial score (nSPS) is 14.8. The number of benzene rings is 1. The second-order valence-corrected chi connectivity index (χ2v) is 3.76. The zero-order chi connectivity index (χ0) is 11.7. The van der Waals surface area contributed by atoms with Gasteiger partial charge in [0.05, 0.1) is 0 Å². The van der Waals surface area contributed by atoms with Crippen molar-refractivity contribution in [2.75, 3.05) is 17.2 Å². The Morgan fingerprint density at radius 1 is 1.44 bits per heavy atom. The summed E-state index contributed by atoms with van der Waals surface area (Å²) in [6.07, 6.45) is 0.957. The van der Waals surface area contributed by atoms with E-state index in [1.807, 2.05) is 0 Å². The lowest BCUT2D eigenvalue weighted by Crippen LogP contribution is -2.38. The number of carboxylic acid groups (broad SMARTS) is 1. The van der Waals surface area contributed by atoms with E-state index in [1.165, 1.54) is 4.90 Å². The molecule has 0 unspecified atom stereocenters. The van der Waals surface area contributed by atoms with Crippen molar-refractivity contribution in [3.05, 3.63) is 23.8 Å². The van der Waals surface area contributed by atoms with E-state index in [4.69, 9.17) is 10.8 Å². The number of nitrogens with zero attached hydrogens (tertiary/aromatic N) is 1. The predicted octanol–water partition coefficient (Wildman–Crippen LogP) is 0.633. The molecule has 3 N–H and O–H groups in total. The third kappa shape index (κ3) is 1.84. The highest BCUT2D eigenvalue weighted by Gasteiger charge is 2.25. The number of carbonyl (C=O) groups is 2. The Labute approximate surface area is 92.5 Å². The topological polar surface area (TPSA) is 83.6 Å². The number of aryl methyl sites for hydroxylation is 1. The molecule has 0 saturated carbocycles. The molecule has 16 heavy (non-hydrogen) atoms. The Kier molecular flexibility index (Phi) is 2.52. The van der Waals surface area contributed by atoms with Crippen LogP contribution in [0.2, 0.25) is 0 Å². The Bertz CT molecular complexity index is 457. The maximum absolute atomic E-state index is 11.6. The van der Waals surface area contributed by atoms with Gasteiger partial charge in [-0.1, -0.05) is 0 Å². The van der Waals surface area contributed by atoms with Gasteiger partial charge >= 0.3 is 5.97 Å². The third-order valence-electron chi connectivity index (χ3n) is 2.60. The van der Waals surface area contributed by atoms with E-state index < -0.39 is 5.97 Å². The molecule has 1 aliphatic heterocycles. The summed E-state index contributed by atoms with van der Waals surface area (Å²) in [5.74, 6) is -1.17. The number of hydrogen-bond acceptors (Lipinski definition) is 3. The van der Waals surface area contributed by atoms with E-state index in [1.54, 1.807) is 18.2 Å². The molecule has 1 aliphatic rings. The van der Waals surface area contributed by atoms with Gasteiger partial charge in [-0.25, -0.2) is 0 Å². The predicted molar refractivity (Wildman–Crippen MR) is 59.2 cm³/mol. The van der Waals surface area contributed by atoms with Crippen LogP contribution in [0, 0.1) is 0 Å². The molecule has 1 heterocycles. The number of aliphatic carboxylic acids is 1. The molecule has 1 aromatic rings. The fraction of sp³-hybridized carbons (Fsp3) is 0.273. The average Bonchev–Trinajstić information content (AvgIpc) is 2.22. The SMILES string of the molecule is Nc1ccc2c(c1)CCC(=O)N2CC(=O)O. The van der Waals surface area contributed by atoms with Crippen LogP contribution >= 0.6 is 0 Å². The number of carboxylic acids is 1. The van der Waals surface area contributed by atoms with Gasteiger partial charge in [0.25, 0.3) is 0 Å². The average molecular weight is 220 g/mol. The summed E-state index contributed by atoms with van der Waals surface area (Å²) in [7, 11) is 0. The lowest BCUT2D eigenvalue weighted by molar-refractivity contribution is -0.136. The summed E-state index contributed by atoms with van der Waals surface area (Å²) < 4.78 is 0. The summed E-state index contributed by atoms with van der Waals surface area (Å²) in [5, 5.41) is 8.75. The van der Waals surface area contributed by atoms with Crippen LogP contribution in [0.25, 0.3) is 0 Å². The summed E-state index contributed by atoms with van der Waals surface area (Å²) in [5.41, 5.74) is 7.86.